The van der Waals surface area contributed by atoms with Crippen molar-refractivity contribution in [1.82, 2.24) is 14.5 Å². The van der Waals surface area contributed by atoms with E-state index < -0.39 is 48.3 Å². The molecule has 186 valence electrons. The van der Waals surface area contributed by atoms with Crippen molar-refractivity contribution in [3.63, 3.8) is 0 Å². The van der Waals surface area contributed by atoms with Crippen LogP contribution in [0, 0.1) is 12.7 Å². The third kappa shape index (κ3) is 2.41. The molecule has 2 aromatic heterocycles. The van der Waals surface area contributed by atoms with Crippen LogP contribution in [0.15, 0.2) is 36.4 Å². The fraction of sp³-hybridized carbons (Fsp3) is 0.259. The quantitative estimate of drug-likeness (QED) is 0.241. The van der Waals surface area contributed by atoms with E-state index in [0.717, 1.165) is 5.56 Å². The van der Waals surface area contributed by atoms with Gasteiger partial charge in [-0.3, -0.25) is 14.9 Å². The highest BCUT2D eigenvalue weighted by Crippen LogP contribution is 2.48. The predicted molar refractivity (Wildman–Crippen MR) is 131 cm³/mol. The standard InChI is InChI=1S/C27H20FN3O6/c1-9-2-4-14-11(6-9)17-19-18(25(35)29-26(19)36)16-12-7-10(28)3-5-13(12)30-8-15-22(32)23(33)24(34)27(37-15)31(14)21(17)20(16)30/h2-7,15,22-24,27,32-34H,8H2,1H3,(H,29,35,36). The van der Waals surface area contributed by atoms with Gasteiger partial charge in [0.15, 0.2) is 6.23 Å². The first-order chi connectivity index (χ1) is 17.8. The van der Waals surface area contributed by atoms with E-state index in [-0.39, 0.29) is 17.7 Å². The number of aryl methyl sites for hydroxylation is 1. The summed E-state index contributed by atoms with van der Waals surface area (Å²) in [5.41, 5.74) is 3.59. The molecule has 2 amide bonds. The molecule has 8 rings (SSSR count). The maximum Gasteiger partial charge on any atom is 0.259 e. The summed E-state index contributed by atoms with van der Waals surface area (Å²) in [6.07, 6.45) is -6.35. The number of nitrogens with one attached hydrogen (secondary N) is 1. The van der Waals surface area contributed by atoms with Crippen molar-refractivity contribution >= 4 is 55.4 Å². The maximum atomic E-state index is 14.6. The van der Waals surface area contributed by atoms with E-state index in [2.05, 4.69) is 5.32 Å². The molecule has 0 radical (unpaired) electrons. The minimum absolute atomic E-state index is 0.0666. The lowest BCUT2D eigenvalue weighted by molar-refractivity contribution is -0.245. The number of aliphatic hydroxyl groups excluding tert-OH is 3. The number of hydrogen-bond acceptors (Lipinski definition) is 6. The second-order valence-electron chi connectivity index (χ2n) is 10.2. The number of halogens is 1. The first kappa shape index (κ1) is 21.3. The molecule has 3 aliphatic rings. The predicted octanol–water partition coefficient (Wildman–Crippen LogP) is 2.23. The third-order valence-electron chi connectivity index (χ3n) is 8.14. The highest BCUT2D eigenvalue weighted by Gasteiger charge is 2.48. The van der Waals surface area contributed by atoms with Crippen LogP contribution in [0.4, 0.5) is 4.39 Å². The Bertz CT molecular complexity index is 1900. The number of aromatic nitrogens is 2. The van der Waals surface area contributed by atoms with E-state index >= 15 is 0 Å². The van der Waals surface area contributed by atoms with Gasteiger partial charge in [0.1, 0.15) is 30.2 Å². The summed E-state index contributed by atoms with van der Waals surface area (Å²) in [4.78, 5) is 26.5. The largest absolute Gasteiger partial charge is 0.388 e. The Kier molecular flexibility index (Phi) is 3.87. The number of carbonyl (C=O) groups excluding carboxylic acids is 2. The van der Waals surface area contributed by atoms with Crippen LogP contribution in [-0.4, -0.2) is 60.7 Å². The first-order valence-electron chi connectivity index (χ1n) is 12.0. The van der Waals surface area contributed by atoms with Gasteiger partial charge in [-0.05, 0) is 37.3 Å². The molecule has 37 heavy (non-hydrogen) atoms. The Balaban J connectivity index is 1.73. The number of hydrogen-bond donors (Lipinski definition) is 4. The molecule has 5 atom stereocenters. The topological polar surface area (TPSA) is 126 Å². The number of aliphatic hydroxyl groups is 3. The van der Waals surface area contributed by atoms with Gasteiger partial charge in [0, 0.05) is 27.1 Å². The Morgan fingerprint density at radius 2 is 1.57 bits per heavy atom. The number of fused-ring (bicyclic) bond motifs is 12. The third-order valence-corrected chi connectivity index (χ3v) is 8.14. The van der Waals surface area contributed by atoms with E-state index in [0.29, 0.717) is 43.6 Å². The second kappa shape index (κ2) is 6.73. The molecule has 0 aliphatic carbocycles. The Morgan fingerprint density at radius 3 is 2.32 bits per heavy atom. The van der Waals surface area contributed by atoms with Crippen LogP contribution < -0.4 is 5.32 Å². The fourth-order valence-electron chi connectivity index (χ4n) is 6.60. The number of nitrogens with zero attached hydrogens (tertiary/aromatic N) is 2. The molecular formula is C27H20FN3O6. The monoisotopic (exact) mass is 501 g/mol. The van der Waals surface area contributed by atoms with Gasteiger partial charge < -0.3 is 29.2 Å². The van der Waals surface area contributed by atoms with Gasteiger partial charge in [0.05, 0.1) is 34.2 Å². The van der Waals surface area contributed by atoms with Gasteiger partial charge >= 0.3 is 0 Å². The fourth-order valence-corrected chi connectivity index (χ4v) is 6.60. The summed E-state index contributed by atoms with van der Waals surface area (Å²) in [7, 11) is 0. The van der Waals surface area contributed by atoms with Gasteiger partial charge in [-0.2, -0.15) is 0 Å². The van der Waals surface area contributed by atoms with Crippen LogP contribution >= 0.6 is 0 Å². The van der Waals surface area contributed by atoms with Crippen LogP contribution in [-0.2, 0) is 11.3 Å². The zero-order chi connectivity index (χ0) is 25.5. The number of ether oxygens (including phenoxy) is 1. The molecule has 1 fully saturated rings. The molecule has 0 saturated carbocycles. The van der Waals surface area contributed by atoms with Gasteiger partial charge in [-0.15, -0.1) is 0 Å². The van der Waals surface area contributed by atoms with Crippen molar-refractivity contribution in [2.75, 3.05) is 0 Å². The van der Waals surface area contributed by atoms with E-state index in [1.165, 1.54) is 12.1 Å². The molecule has 5 aromatic rings. The molecule has 4 N–H and O–H groups in total. The number of carbonyl (C=O) groups is 2. The molecule has 0 spiro atoms. The van der Waals surface area contributed by atoms with E-state index in [9.17, 15) is 29.3 Å². The maximum absolute atomic E-state index is 14.6. The van der Waals surface area contributed by atoms with E-state index in [1.807, 2.05) is 29.7 Å². The smallest absolute Gasteiger partial charge is 0.259 e. The zero-order valence-electron chi connectivity index (χ0n) is 19.4. The average molecular weight is 501 g/mol. The summed E-state index contributed by atoms with van der Waals surface area (Å²) in [5.74, 6) is -1.62. The molecule has 5 unspecified atom stereocenters. The summed E-state index contributed by atoms with van der Waals surface area (Å²) in [6.45, 7) is 1.98. The lowest BCUT2D eigenvalue weighted by Crippen LogP contribution is -2.56. The Hall–Kier alpha value is -3.83. The minimum atomic E-state index is -1.49. The van der Waals surface area contributed by atoms with Gasteiger partial charge in [-0.1, -0.05) is 11.6 Å². The summed E-state index contributed by atoms with van der Waals surface area (Å²) < 4.78 is 24.4. The van der Waals surface area contributed by atoms with E-state index in [4.69, 9.17) is 4.74 Å². The molecule has 1 saturated heterocycles. The number of imide groups is 1. The lowest BCUT2D eigenvalue weighted by atomic mass is 9.95. The molecule has 9 nitrogen and oxygen atoms in total. The van der Waals surface area contributed by atoms with Crippen molar-refractivity contribution in [3.05, 3.63) is 58.9 Å². The highest BCUT2D eigenvalue weighted by molar-refractivity contribution is 6.39. The molecule has 2 bridgehead atoms. The number of benzene rings is 3. The summed E-state index contributed by atoms with van der Waals surface area (Å²) >= 11 is 0. The van der Waals surface area contributed by atoms with Gasteiger partial charge in [0.2, 0.25) is 0 Å². The summed E-state index contributed by atoms with van der Waals surface area (Å²) in [6, 6.07) is 9.86. The van der Waals surface area contributed by atoms with Gasteiger partial charge in [0.25, 0.3) is 11.8 Å². The Labute approximate surface area is 207 Å². The molecule has 10 heteroatoms. The SMILES string of the molecule is Cc1ccc2c(c1)c1c3c(c4c5cc(F)ccc5n5c4c1n2C1OC(C5)C(O)C(O)C1O)C(=O)NC3=O. The molecular weight excluding hydrogens is 481 g/mol. The number of amides is 2. The normalized spacial score (nSPS) is 26.9. The lowest BCUT2D eigenvalue weighted by Gasteiger charge is -2.43. The van der Waals surface area contributed by atoms with Crippen LogP contribution in [0.25, 0.3) is 43.6 Å². The van der Waals surface area contributed by atoms with Crippen molar-refractivity contribution in [2.24, 2.45) is 0 Å². The van der Waals surface area contributed by atoms with Crippen LogP contribution in [0.5, 0.6) is 0 Å². The van der Waals surface area contributed by atoms with Gasteiger partial charge in [-0.25, -0.2) is 4.39 Å². The van der Waals surface area contributed by atoms with Crippen molar-refractivity contribution < 1.29 is 34.0 Å². The van der Waals surface area contributed by atoms with E-state index in [1.54, 1.807) is 10.6 Å². The highest BCUT2D eigenvalue weighted by atomic mass is 19.1. The average Bonchev–Trinajstić information content (AvgIpc) is 3.45. The molecule has 3 aliphatic heterocycles. The van der Waals surface area contributed by atoms with Crippen LogP contribution in [0.3, 0.4) is 0 Å². The minimum Gasteiger partial charge on any atom is -0.388 e. The first-order valence-corrected chi connectivity index (χ1v) is 12.0. The summed E-state index contributed by atoms with van der Waals surface area (Å²) in [5, 5.41) is 37.2. The van der Waals surface area contributed by atoms with Crippen LogP contribution in [0.1, 0.15) is 32.5 Å². The number of rotatable bonds is 0. The zero-order valence-corrected chi connectivity index (χ0v) is 19.4. The van der Waals surface area contributed by atoms with Crippen LogP contribution in [0.2, 0.25) is 0 Å². The van der Waals surface area contributed by atoms with Crippen molar-refractivity contribution in [3.8, 4) is 0 Å². The molecule has 5 heterocycles. The van der Waals surface area contributed by atoms with Crippen molar-refractivity contribution in [2.45, 2.75) is 44.1 Å². The Morgan fingerprint density at radius 1 is 0.892 bits per heavy atom. The second-order valence-corrected chi connectivity index (χ2v) is 10.2. The molecule has 3 aromatic carbocycles. The van der Waals surface area contributed by atoms with Crippen molar-refractivity contribution in [1.29, 1.82) is 0 Å².